The van der Waals surface area contributed by atoms with Gasteiger partial charge in [0.2, 0.25) is 0 Å². The maximum atomic E-state index is 14.2. The van der Waals surface area contributed by atoms with Gasteiger partial charge in [0.05, 0.1) is 0 Å². The third-order valence-corrected chi connectivity index (χ3v) is 10.6. The molecule has 0 N–H and O–H groups in total. The molecule has 1 aromatic heterocycles. The van der Waals surface area contributed by atoms with E-state index >= 15 is 0 Å². The standard InChI is InChI=1S/C38H34BNO2/c1-19(2)21(5)22-11-12-23-24-13-14-27-32-26(36-39-29-9-7-8-10-30(29)40(36)37(27)42)17-18-38(6,34(24)32)28-16-15-25(31(22)33(23)28)35(41)20(3)4/h7-17,20,27,32H,18H2,1-6H3. The summed E-state index contributed by atoms with van der Waals surface area (Å²) in [7, 11) is 0. The molecule has 4 heteroatoms. The molecule has 0 amide bonds. The Bertz CT molecular complexity index is 2080. The molecule has 4 aliphatic rings. The van der Waals surface area contributed by atoms with E-state index in [-0.39, 0.29) is 34.9 Å². The molecule has 3 unspecified atom stereocenters. The second-order valence-electron chi connectivity index (χ2n) is 13.4. The molecule has 0 radical (unpaired) electrons. The molecule has 0 saturated heterocycles. The molecule has 206 valence electrons. The van der Waals surface area contributed by atoms with E-state index in [4.69, 9.17) is 0 Å². The summed E-state index contributed by atoms with van der Waals surface area (Å²) in [6.45, 7) is 15.0. The normalized spacial score (nSPS) is 23.2. The SMILES string of the molecule is CC(C)=C(C)c1ccc2c3c(ccc(C(=O)C(C)C)c13)C1(C)CC=C3c4bc5ccccc5n4C(=O)C4C=CC2=C1C34. The van der Waals surface area contributed by atoms with Crippen molar-refractivity contribution >= 4 is 56.9 Å². The summed E-state index contributed by atoms with van der Waals surface area (Å²) in [5.74, 6) is 0.0220. The van der Waals surface area contributed by atoms with Crippen LogP contribution in [0.15, 0.2) is 77.9 Å². The van der Waals surface area contributed by atoms with Gasteiger partial charge in [-0.1, -0.05) is 0 Å². The fraction of sp³-hybridized carbons (Fsp3) is 0.289. The summed E-state index contributed by atoms with van der Waals surface area (Å²) in [6, 6.07) is 17.0. The fourth-order valence-corrected chi connectivity index (χ4v) is 8.30. The van der Waals surface area contributed by atoms with Gasteiger partial charge in [-0.2, -0.15) is 0 Å². The van der Waals surface area contributed by atoms with E-state index in [1.165, 1.54) is 44.4 Å². The monoisotopic (exact) mass is 547 g/mol. The number of para-hydroxylation sites is 1. The van der Waals surface area contributed by atoms with Crippen molar-refractivity contribution in [3.8, 4) is 0 Å². The first-order valence-electron chi connectivity index (χ1n) is 15.2. The first-order chi connectivity index (χ1) is 20.1. The van der Waals surface area contributed by atoms with Crippen molar-refractivity contribution in [2.75, 3.05) is 0 Å². The molecular weight excluding hydrogens is 513 g/mol. The van der Waals surface area contributed by atoms with Crippen LogP contribution >= 0.6 is 0 Å². The van der Waals surface area contributed by atoms with Gasteiger partial charge in [-0.3, -0.25) is 0 Å². The topological polar surface area (TPSA) is 39.1 Å². The molecule has 0 bridgehead atoms. The number of carbonyl (C=O) groups excluding carboxylic acids is 2. The second-order valence-corrected chi connectivity index (χ2v) is 13.4. The van der Waals surface area contributed by atoms with Gasteiger partial charge in [0.1, 0.15) is 0 Å². The van der Waals surface area contributed by atoms with Crippen LogP contribution in [0.2, 0.25) is 0 Å². The van der Waals surface area contributed by atoms with Gasteiger partial charge in [-0.05, 0) is 0 Å². The number of allylic oxidation sites excluding steroid dienone is 8. The van der Waals surface area contributed by atoms with Crippen LogP contribution in [0, 0.1) is 17.8 Å². The van der Waals surface area contributed by atoms with E-state index in [2.05, 4.69) is 89.2 Å². The van der Waals surface area contributed by atoms with Gasteiger partial charge in [0.15, 0.2) is 0 Å². The Hall–Kier alpha value is -4.05. The second kappa shape index (κ2) is 8.50. The number of fused-ring (bicyclic) bond motifs is 6. The third-order valence-electron chi connectivity index (χ3n) is 10.6. The van der Waals surface area contributed by atoms with Crippen molar-refractivity contribution in [2.45, 2.75) is 53.4 Å². The molecule has 8 rings (SSSR count). The molecule has 0 spiro atoms. The molecule has 0 saturated carbocycles. The quantitative estimate of drug-likeness (QED) is 0.241. The van der Waals surface area contributed by atoms with Crippen molar-refractivity contribution in [2.24, 2.45) is 17.8 Å². The fourth-order valence-electron chi connectivity index (χ4n) is 8.30. The Morgan fingerprint density at radius 3 is 2.52 bits per heavy atom. The zero-order chi connectivity index (χ0) is 29.2. The molecule has 3 aromatic carbocycles. The summed E-state index contributed by atoms with van der Waals surface area (Å²) < 4.78 is 1.96. The van der Waals surface area contributed by atoms with Crippen LogP contribution in [-0.4, -0.2) is 23.2 Å². The van der Waals surface area contributed by atoms with Crippen LogP contribution in [0.25, 0.3) is 38.3 Å². The molecule has 3 aliphatic carbocycles. The number of aromatic nitrogens is 1. The number of carbonyl (C=O) groups is 2. The van der Waals surface area contributed by atoms with Crippen molar-refractivity contribution in [1.29, 1.82) is 0 Å². The van der Waals surface area contributed by atoms with E-state index < -0.39 is 0 Å². The Morgan fingerprint density at radius 1 is 1.00 bits per heavy atom. The van der Waals surface area contributed by atoms with E-state index in [9.17, 15) is 9.59 Å². The van der Waals surface area contributed by atoms with Crippen LogP contribution < -0.4 is 0 Å². The summed E-state index contributed by atoms with van der Waals surface area (Å²) in [4.78, 5) is 27.9. The van der Waals surface area contributed by atoms with Gasteiger partial charge in [-0.15, -0.1) is 0 Å². The van der Waals surface area contributed by atoms with Crippen LogP contribution in [0.1, 0.15) is 85.4 Å². The molecule has 42 heavy (non-hydrogen) atoms. The molecule has 3 nitrogen and oxygen atoms in total. The number of Topliss-reactive ketones (excluding diaryl/α,β-unsaturated/α-hetero) is 1. The predicted octanol–water partition coefficient (Wildman–Crippen LogP) is 8.75. The number of nitrogens with zero attached hydrogens (tertiary/aromatic N) is 1. The summed E-state index contributed by atoms with van der Waals surface area (Å²) >= 11 is 0. The predicted molar refractivity (Wildman–Crippen MR) is 174 cm³/mol. The van der Waals surface area contributed by atoms with Crippen LogP contribution in [0.5, 0.6) is 0 Å². The molecular formula is C38H34BNO2. The van der Waals surface area contributed by atoms with Crippen molar-refractivity contribution < 1.29 is 9.59 Å². The molecule has 1 aliphatic heterocycles. The molecule has 0 fully saturated rings. The van der Waals surface area contributed by atoms with Gasteiger partial charge in [-0.25, -0.2) is 0 Å². The number of benzene rings is 3. The minimum atomic E-state index is -0.275. The zero-order valence-corrected chi connectivity index (χ0v) is 25.1. The van der Waals surface area contributed by atoms with E-state index in [1.54, 1.807) is 0 Å². The average molecular weight is 548 g/mol. The van der Waals surface area contributed by atoms with E-state index in [1.807, 2.05) is 30.5 Å². The number of hydrogen-bond acceptors (Lipinski definition) is 2. The molecule has 3 atom stereocenters. The zero-order valence-electron chi connectivity index (χ0n) is 25.1. The van der Waals surface area contributed by atoms with Crippen LogP contribution in [0.4, 0.5) is 0 Å². The van der Waals surface area contributed by atoms with Crippen LogP contribution in [-0.2, 0) is 5.41 Å². The van der Waals surface area contributed by atoms with E-state index in [0.717, 1.165) is 39.3 Å². The number of ketones is 1. The summed E-state index contributed by atoms with van der Waals surface area (Å²) in [5.41, 5.74) is 12.5. The minimum absolute atomic E-state index is 0.00688. The van der Waals surface area contributed by atoms with Crippen LogP contribution in [0.3, 0.4) is 0 Å². The van der Waals surface area contributed by atoms with Crippen molar-refractivity contribution in [3.63, 3.8) is 0 Å². The Labute approximate surface area is 247 Å². The van der Waals surface area contributed by atoms with Gasteiger partial charge >= 0.3 is 248 Å². The third kappa shape index (κ3) is 3.05. The number of hydrogen-bond donors (Lipinski definition) is 0. The van der Waals surface area contributed by atoms with Gasteiger partial charge in [0.25, 0.3) is 0 Å². The van der Waals surface area contributed by atoms with Crippen molar-refractivity contribution in [3.05, 3.63) is 106 Å². The number of rotatable bonds is 3. The Morgan fingerprint density at radius 2 is 1.76 bits per heavy atom. The Kier molecular flexibility index (Phi) is 5.19. The molecule has 2 heterocycles. The van der Waals surface area contributed by atoms with Gasteiger partial charge in [0, 0.05) is 0 Å². The average Bonchev–Trinajstić information content (AvgIpc) is 3.38. The maximum absolute atomic E-state index is 14.2. The first kappa shape index (κ1) is 25.6. The van der Waals surface area contributed by atoms with E-state index in [0.29, 0.717) is 0 Å². The van der Waals surface area contributed by atoms with Gasteiger partial charge < -0.3 is 0 Å². The summed E-state index contributed by atoms with van der Waals surface area (Å²) in [5, 5.41) is 3.40. The Balaban J connectivity index is 1.45. The summed E-state index contributed by atoms with van der Waals surface area (Å²) in [6.07, 6.45) is 7.63. The molecule has 4 aromatic rings. The van der Waals surface area contributed by atoms with Crippen molar-refractivity contribution in [1.82, 2.24) is 4.57 Å². The first-order valence-corrected chi connectivity index (χ1v) is 15.2.